The summed E-state index contributed by atoms with van der Waals surface area (Å²) in [6.45, 7) is 1.75. The van der Waals surface area contributed by atoms with Crippen LogP contribution >= 0.6 is 0 Å². The van der Waals surface area contributed by atoms with E-state index in [4.69, 9.17) is 4.42 Å². The lowest BCUT2D eigenvalue weighted by atomic mass is 10.0. The molecular formula is C16H18FNO3. The standard InChI is InChI=1S/C16H18FNO3/c1-16(20,10-14-3-2-8-21-14)11-18-15(19)9-12-4-6-13(17)7-5-12/h2-8,20H,9-11H2,1H3,(H,18,19)/t16-/m1/s1. The molecule has 0 fully saturated rings. The molecule has 1 aromatic heterocycles. The average molecular weight is 291 g/mol. The summed E-state index contributed by atoms with van der Waals surface area (Å²) in [4.78, 5) is 11.8. The molecule has 2 rings (SSSR count). The van der Waals surface area contributed by atoms with Gasteiger partial charge in [-0.1, -0.05) is 12.1 Å². The summed E-state index contributed by atoms with van der Waals surface area (Å²) >= 11 is 0. The van der Waals surface area contributed by atoms with Gasteiger partial charge in [0.15, 0.2) is 0 Å². The first-order valence-corrected chi connectivity index (χ1v) is 6.70. The van der Waals surface area contributed by atoms with E-state index < -0.39 is 5.60 Å². The van der Waals surface area contributed by atoms with Gasteiger partial charge >= 0.3 is 0 Å². The zero-order valence-corrected chi connectivity index (χ0v) is 11.8. The molecule has 0 unspecified atom stereocenters. The van der Waals surface area contributed by atoms with Crippen LogP contribution in [-0.4, -0.2) is 23.2 Å². The number of aliphatic hydroxyl groups is 1. The molecular weight excluding hydrogens is 273 g/mol. The lowest BCUT2D eigenvalue weighted by molar-refractivity contribution is -0.121. The summed E-state index contributed by atoms with van der Waals surface area (Å²) in [5, 5.41) is 12.9. The van der Waals surface area contributed by atoms with Crippen molar-refractivity contribution in [2.75, 3.05) is 6.54 Å². The summed E-state index contributed by atoms with van der Waals surface area (Å²) in [5.74, 6) is 0.106. The molecule has 1 aromatic carbocycles. The van der Waals surface area contributed by atoms with Crippen molar-refractivity contribution in [2.24, 2.45) is 0 Å². The van der Waals surface area contributed by atoms with Crippen LogP contribution in [0, 0.1) is 5.82 Å². The summed E-state index contributed by atoms with van der Waals surface area (Å²) in [6.07, 6.45) is 2.01. The molecule has 0 bridgehead atoms. The third kappa shape index (κ3) is 5.04. The molecule has 0 aliphatic heterocycles. The fourth-order valence-corrected chi connectivity index (χ4v) is 1.99. The summed E-state index contributed by atoms with van der Waals surface area (Å²) in [7, 11) is 0. The normalized spacial score (nSPS) is 13.7. The first kappa shape index (κ1) is 15.3. The van der Waals surface area contributed by atoms with Gasteiger partial charge in [-0.25, -0.2) is 4.39 Å². The van der Waals surface area contributed by atoms with Gasteiger partial charge in [-0.2, -0.15) is 0 Å². The predicted octanol–water partition coefficient (Wildman–Crippen LogP) is 2.07. The number of hydrogen-bond acceptors (Lipinski definition) is 3. The number of rotatable bonds is 6. The third-order valence-electron chi connectivity index (χ3n) is 3.08. The van der Waals surface area contributed by atoms with Crippen molar-refractivity contribution >= 4 is 5.91 Å². The third-order valence-corrected chi connectivity index (χ3v) is 3.08. The molecule has 0 saturated heterocycles. The first-order valence-electron chi connectivity index (χ1n) is 6.70. The minimum Gasteiger partial charge on any atom is -0.469 e. The maximum Gasteiger partial charge on any atom is 0.224 e. The van der Waals surface area contributed by atoms with Crippen molar-refractivity contribution < 1.29 is 18.7 Å². The first-order chi connectivity index (χ1) is 9.94. The summed E-state index contributed by atoms with van der Waals surface area (Å²) in [6, 6.07) is 9.28. The molecule has 1 heterocycles. The van der Waals surface area contributed by atoms with E-state index in [9.17, 15) is 14.3 Å². The number of carbonyl (C=O) groups is 1. The van der Waals surface area contributed by atoms with Crippen molar-refractivity contribution in [2.45, 2.75) is 25.4 Å². The van der Waals surface area contributed by atoms with Gasteiger partial charge in [0.05, 0.1) is 18.3 Å². The summed E-state index contributed by atoms with van der Waals surface area (Å²) in [5.41, 5.74) is -0.365. The Labute approximate surface area is 122 Å². The molecule has 0 saturated carbocycles. The van der Waals surface area contributed by atoms with Gasteiger partial charge in [0.1, 0.15) is 11.6 Å². The Balaban J connectivity index is 1.81. The van der Waals surface area contributed by atoms with Crippen LogP contribution in [0.15, 0.2) is 47.1 Å². The molecule has 1 amide bonds. The SMILES string of the molecule is C[C@](O)(CNC(=O)Cc1ccc(F)cc1)Cc1ccco1. The van der Waals surface area contributed by atoms with E-state index in [1.807, 2.05) is 0 Å². The van der Waals surface area contributed by atoms with Crippen molar-refractivity contribution in [3.8, 4) is 0 Å². The van der Waals surface area contributed by atoms with E-state index >= 15 is 0 Å². The topological polar surface area (TPSA) is 62.5 Å². The van der Waals surface area contributed by atoms with Crippen molar-refractivity contribution in [1.29, 1.82) is 0 Å². The van der Waals surface area contributed by atoms with E-state index in [0.717, 1.165) is 5.56 Å². The predicted molar refractivity (Wildman–Crippen MR) is 76.1 cm³/mol. The van der Waals surface area contributed by atoms with Gasteiger partial charge in [-0.15, -0.1) is 0 Å². The number of nitrogens with one attached hydrogen (secondary N) is 1. The van der Waals surface area contributed by atoms with Gasteiger partial charge in [0, 0.05) is 13.0 Å². The quantitative estimate of drug-likeness (QED) is 0.856. The highest BCUT2D eigenvalue weighted by Gasteiger charge is 2.23. The van der Waals surface area contributed by atoms with Gasteiger partial charge < -0.3 is 14.8 Å². The fourth-order valence-electron chi connectivity index (χ4n) is 1.99. The van der Waals surface area contributed by atoms with Crippen LogP contribution in [0.3, 0.4) is 0 Å². The van der Waals surface area contributed by atoms with Gasteiger partial charge in [-0.05, 0) is 36.8 Å². The summed E-state index contributed by atoms with van der Waals surface area (Å²) < 4.78 is 17.9. The molecule has 5 heteroatoms. The van der Waals surface area contributed by atoms with Crippen LogP contribution in [0.1, 0.15) is 18.2 Å². The molecule has 0 aliphatic carbocycles. The molecule has 112 valence electrons. The molecule has 2 N–H and O–H groups in total. The van der Waals surface area contributed by atoms with Gasteiger partial charge in [0.2, 0.25) is 5.91 Å². The number of furan rings is 1. The van der Waals surface area contributed by atoms with Gasteiger partial charge in [0.25, 0.3) is 0 Å². The monoisotopic (exact) mass is 291 g/mol. The fraction of sp³-hybridized carbons (Fsp3) is 0.312. The number of amides is 1. The average Bonchev–Trinajstić information content (AvgIpc) is 2.91. The second-order valence-electron chi connectivity index (χ2n) is 5.33. The highest BCUT2D eigenvalue weighted by molar-refractivity contribution is 5.78. The van der Waals surface area contributed by atoms with Gasteiger partial charge in [-0.3, -0.25) is 4.79 Å². The van der Waals surface area contributed by atoms with Crippen LogP contribution in [0.25, 0.3) is 0 Å². The highest BCUT2D eigenvalue weighted by Crippen LogP contribution is 2.13. The van der Waals surface area contributed by atoms with Crippen molar-refractivity contribution in [1.82, 2.24) is 5.32 Å². The number of benzene rings is 1. The Morgan fingerprint density at radius 3 is 2.67 bits per heavy atom. The molecule has 2 aromatic rings. The maximum atomic E-state index is 12.8. The number of halogens is 1. The Morgan fingerprint density at radius 2 is 2.05 bits per heavy atom. The zero-order chi connectivity index (χ0) is 15.3. The van der Waals surface area contributed by atoms with Crippen molar-refractivity contribution in [3.05, 3.63) is 59.8 Å². The number of hydrogen-bond donors (Lipinski definition) is 2. The molecule has 0 radical (unpaired) electrons. The van der Waals surface area contributed by atoms with E-state index in [1.165, 1.54) is 12.1 Å². The minimum absolute atomic E-state index is 0.119. The van der Waals surface area contributed by atoms with E-state index in [2.05, 4.69) is 5.32 Å². The second-order valence-corrected chi connectivity index (χ2v) is 5.33. The Hall–Kier alpha value is -2.14. The molecule has 4 nitrogen and oxygen atoms in total. The van der Waals surface area contributed by atoms with Crippen LogP contribution in [0.2, 0.25) is 0 Å². The van der Waals surface area contributed by atoms with Crippen LogP contribution in [0.4, 0.5) is 4.39 Å². The van der Waals surface area contributed by atoms with E-state index in [1.54, 1.807) is 37.5 Å². The lowest BCUT2D eigenvalue weighted by Gasteiger charge is -2.22. The number of carbonyl (C=O) groups excluding carboxylic acids is 1. The lowest BCUT2D eigenvalue weighted by Crippen LogP contribution is -2.42. The Kier molecular flexibility index (Phi) is 4.75. The largest absolute Gasteiger partial charge is 0.469 e. The second kappa shape index (κ2) is 6.54. The molecule has 0 aliphatic rings. The smallest absolute Gasteiger partial charge is 0.224 e. The molecule has 21 heavy (non-hydrogen) atoms. The van der Waals surface area contributed by atoms with E-state index in [0.29, 0.717) is 12.2 Å². The van der Waals surface area contributed by atoms with Crippen LogP contribution < -0.4 is 5.32 Å². The van der Waals surface area contributed by atoms with Crippen molar-refractivity contribution in [3.63, 3.8) is 0 Å². The van der Waals surface area contributed by atoms with Crippen LogP contribution in [0.5, 0.6) is 0 Å². The van der Waals surface area contributed by atoms with E-state index in [-0.39, 0.29) is 24.7 Å². The van der Waals surface area contributed by atoms with Crippen LogP contribution in [-0.2, 0) is 17.6 Å². The highest BCUT2D eigenvalue weighted by atomic mass is 19.1. The molecule has 1 atom stereocenters. The molecule has 0 spiro atoms. The maximum absolute atomic E-state index is 12.8. The Bertz CT molecular complexity index is 576. The minimum atomic E-state index is -1.09. The zero-order valence-electron chi connectivity index (χ0n) is 11.8. The Morgan fingerprint density at radius 1 is 1.33 bits per heavy atom.